The maximum atomic E-state index is 13.7. The zero-order valence-electron chi connectivity index (χ0n) is 22.1. The molecule has 5 rings (SSSR count). The summed E-state index contributed by atoms with van der Waals surface area (Å²) in [5.74, 6) is 0.669. The lowest BCUT2D eigenvalue weighted by Crippen LogP contribution is -2.44. The number of thiophene rings is 1. The Kier molecular flexibility index (Phi) is 7.72. The number of aromatic nitrogens is 2. The number of benzene rings is 2. The van der Waals surface area contributed by atoms with Crippen LogP contribution in [0.2, 0.25) is 0 Å². The van der Waals surface area contributed by atoms with Crippen LogP contribution in [0.4, 0.5) is 5.82 Å². The van der Waals surface area contributed by atoms with Gasteiger partial charge in [0.15, 0.2) is 0 Å². The summed E-state index contributed by atoms with van der Waals surface area (Å²) in [4.78, 5) is 29.7. The molecule has 2 amide bonds. The summed E-state index contributed by atoms with van der Waals surface area (Å²) in [5.41, 5.74) is 5.95. The Balaban J connectivity index is 1.77. The van der Waals surface area contributed by atoms with Crippen LogP contribution < -0.4 is 10.2 Å². The lowest BCUT2D eigenvalue weighted by Gasteiger charge is -2.24. The number of rotatable bonds is 7. The van der Waals surface area contributed by atoms with Gasteiger partial charge in [-0.2, -0.15) is 5.10 Å². The van der Waals surface area contributed by atoms with Gasteiger partial charge in [0.2, 0.25) is 11.8 Å². The molecule has 1 aliphatic heterocycles. The number of carbonyl (C=O) groups excluding carboxylic acids is 2. The van der Waals surface area contributed by atoms with Crippen molar-refractivity contribution in [1.29, 1.82) is 0 Å². The summed E-state index contributed by atoms with van der Waals surface area (Å²) in [6, 6.07) is 20.4. The maximum absolute atomic E-state index is 13.7. The van der Waals surface area contributed by atoms with Gasteiger partial charge >= 0.3 is 0 Å². The molecule has 3 heterocycles. The molecule has 196 valence electrons. The van der Waals surface area contributed by atoms with Crippen molar-refractivity contribution in [3.63, 3.8) is 0 Å². The number of nitrogens with one attached hydrogen (secondary N) is 1. The van der Waals surface area contributed by atoms with Crippen molar-refractivity contribution in [2.75, 3.05) is 17.2 Å². The molecule has 0 spiro atoms. The van der Waals surface area contributed by atoms with Crippen LogP contribution in [0.25, 0.3) is 16.9 Å². The first kappa shape index (κ1) is 26.3. The third kappa shape index (κ3) is 5.15. The van der Waals surface area contributed by atoms with Crippen LogP contribution in [0.3, 0.4) is 0 Å². The fourth-order valence-corrected chi connectivity index (χ4v) is 7.09. The van der Waals surface area contributed by atoms with E-state index in [-0.39, 0.29) is 35.4 Å². The molecule has 0 bridgehead atoms. The van der Waals surface area contributed by atoms with E-state index < -0.39 is 0 Å². The Morgan fingerprint density at radius 3 is 2.50 bits per heavy atom. The summed E-state index contributed by atoms with van der Waals surface area (Å²) in [5, 5.41) is 10.2. The Morgan fingerprint density at radius 2 is 1.84 bits per heavy atom. The van der Waals surface area contributed by atoms with Crippen molar-refractivity contribution in [2.24, 2.45) is 0 Å². The Labute approximate surface area is 232 Å². The highest BCUT2D eigenvalue weighted by Gasteiger charge is 2.38. The van der Waals surface area contributed by atoms with Gasteiger partial charge in [0.05, 0.1) is 22.4 Å². The smallest absolute Gasteiger partial charge is 0.240 e. The first-order valence-corrected chi connectivity index (χ1v) is 14.8. The average molecular weight is 545 g/mol. The topological polar surface area (TPSA) is 67.2 Å². The molecular weight excluding hydrogens is 512 g/mol. The minimum atomic E-state index is -0.174. The van der Waals surface area contributed by atoms with Crippen LogP contribution in [0.15, 0.2) is 66.0 Å². The number of amides is 2. The number of nitrogens with zero attached hydrogens (tertiary/aromatic N) is 3. The molecule has 4 aromatic rings. The normalized spacial score (nSPS) is 16.2. The van der Waals surface area contributed by atoms with Gasteiger partial charge in [0.25, 0.3) is 0 Å². The Hall–Kier alpha value is -3.36. The number of fused-ring (bicyclic) bond motifs is 1. The highest BCUT2D eigenvalue weighted by Crippen LogP contribution is 2.50. The third-order valence-electron chi connectivity index (χ3n) is 6.88. The fourth-order valence-electron chi connectivity index (χ4n) is 4.62. The number of carbonyl (C=O) groups is 2. The quantitative estimate of drug-likeness (QED) is 0.296. The van der Waals surface area contributed by atoms with Crippen molar-refractivity contribution >= 4 is 40.7 Å². The van der Waals surface area contributed by atoms with Gasteiger partial charge in [0.1, 0.15) is 12.4 Å². The molecule has 0 saturated heterocycles. The molecule has 8 heteroatoms. The molecule has 6 nitrogen and oxygen atoms in total. The molecule has 38 heavy (non-hydrogen) atoms. The molecule has 2 aromatic heterocycles. The molecule has 2 atom stereocenters. The minimum absolute atomic E-state index is 0.0295. The van der Waals surface area contributed by atoms with Gasteiger partial charge < -0.3 is 5.32 Å². The summed E-state index contributed by atoms with van der Waals surface area (Å²) < 4.78 is 1.85. The lowest BCUT2D eigenvalue weighted by atomic mass is 10.0. The fraction of sp³-hybridized carbons (Fsp3) is 0.300. The largest absolute Gasteiger partial charge is 0.352 e. The van der Waals surface area contributed by atoms with Gasteiger partial charge in [-0.3, -0.25) is 14.5 Å². The van der Waals surface area contributed by atoms with E-state index in [0.717, 1.165) is 34.5 Å². The SMILES string of the molecule is CCC(C)NC(=O)CN1C(=O)CSC(c2sccc2C)c2c(-c3ccccc3)nn(-c3ccc(C)cc3)c21. The maximum Gasteiger partial charge on any atom is 0.240 e. The predicted molar refractivity (Wildman–Crippen MR) is 157 cm³/mol. The molecule has 0 fully saturated rings. The van der Waals surface area contributed by atoms with E-state index in [1.165, 1.54) is 10.4 Å². The lowest BCUT2D eigenvalue weighted by molar-refractivity contribution is -0.123. The van der Waals surface area contributed by atoms with E-state index in [4.69, 9.17) is 5.10 Å². The predicted octanol–water partition coefficient (Wildman–Crippen LogP) is 6.30. The Bertz CT molecular complexity index is 1440. The molecule has 0 aliphatic carbocycles. The van der Waals surface area contributed by atoms with E-state index in [0.29, 0.717) is 5.82 Å². The second-order valence-corrected chi connectivity index (χ2v) is 11.8. The molecule has 2 unspecified atom stereocenters. The molecule has 0 saturated carbocycles. The second kappa shape index (κ2) is 11.2. The van der Waals surface area contributed by atoms with Gasteiger partial charge in [-0.1, -0.05) is 55.0 Å². The molecule has 2 aromatic carbocycles. The highest BCUT2D eigenvalue weighted by molar-refractivity contribution is 8.00. The van der Waals surface area contributed by atoms with E-state index >= 15 is 0 Å². The van der Waals surface area contributed by atoms with E-state index in [1.54, 1.807) is 28.0 Å². The number of thioether (sulfide) groups is 1. The first-order valence-electron chi connectivity index (χ1n) is 12.9. The van der Waals surface area contributed by atoms with E-state index in [9.17, 15) is 9.59 Å². The second-order valence-electron chi connectivity index (χ2n) is 9.71. The van der Waals surface area contributed by atoms with Crippen LogP contribution >= 0.6 is 23.1 Å². The van der Waals surface area contributed by atoms with Gasteiger partial charge in [-0.25, -0.2) is 4.68 Å². The van der Waals surface area contributed by atoms with Crippen LogP contribution in [0.1, 0.15) is 47.1 Å². The Morgan fingerprint density at radius 1 is 1.11 bits per heavy atom. The molecule has 1 aliphatic rings. The van der Waals surface area contributed by atoms with Crippen LogP contribution in [0.5, 0.6) is 0 Å². The average Bonchev–Trinajstić information content (AvgIpc) is 3.49. The summed E-state index contributed by atoms with van der Waals surface area (Å²) >= 11 is 3.31. The van der Waals surface area contributed by atoms with Crippen molar-refractivity contribution in [3.05, 3.63) is 87.6 Å². The van der Waals surface area contributed by atoms with Crippen molar-refractivity contribution in [3.8, 4) is 16.9 Å². The molecule has 1 N–H and O–H groups in total. The van der Waals surface area contributed by atoms with E-state index in [1.807, 2.05) is 67.9 Å². The zero-order valence-corrected chi connectivity index (χ0v) is 23.7. The monoisotopic (exact) mass is 544 g/mol. The number of hydrogen-bond acceptors (Lipinski definition) is 5. The van der Waals surface area contributed by atoms with Crippen LogP contribution in [-0.4, -0.2) is 39.9 Å². The van der Waals surface area contributed by atoms with Crippen molar-refractivity contribution < 1.29 is 9.59 Å². The number of anilines is 1. The number of aryl methyl sites for hydroxylation is 2. The zero-order chi connectivity index (χ0) is 26.8. The van der Waals surface area contributed by atoms with Crippen molar-refractivity contribution in [1.82, 2.24) is 15.1 Å². The first-order chi connectivity index (χ1) is 18.4. The standard InChI is InChI=1S/C30H32N4O2S2/c1-5-21(4)31-24(35)17-33-25(36)18-38-29(28-20(3)15-16-37-28)26-27(22-9-7-6-8-10-22)32-34(30(26)33)23-13-11-19(2)12-14-23/h6-16,21,29H,5,17-18H2,1-4H3,(H,31,35). The summed E-state index contributed by atoms with van der Waals surface area (Å²) in [7, 11) is 0. The van der Waals surface area contributed by atoms with Crippen LogP contribution in [0, 0.1) is 13.8 Å². The van der Waals surface area contributed by atoms with Crippen molar-refractivity contribution in [2.45, 2.75) is 45.4 Å². The summed E-state index contributed by atoms with van der Waals surface area (Å²) in [6.07, 6.45) is 0.819. The highest BCUT2D eigenvalue weighted by atomic mass is 32.2. The molecular formula is C30H32N4O2S2. The third-order valence-corrected chi connectivity index (χ3v) is 9.33. The summed E-state index contributed by atoms with van der Waals surface area (Å²) in [6.45, 7) is 8.11. The minimum Gasteiger partial charge on any atom is -0.352 e. The van der Waals surface area contributed by atoms with Crippen LogP contribution in [-0.2, 0) is 9.59 Å². The van der Waals surface area contributed by atoms with E-state index in [2.05, 4.69) is 35.8 Å². The molecule has 0 radical (unpaired) electrons. The number of hydrogen-bond donors (Lipinski definition) is 1. The van der Waals surface area contributed by atoms with Gasteiger partial charge in [0, 0.05) is 22.0 Å². The van der Waals surface area contributed by atoms with Gasteiger partial charge in [-0.15, -0.1) is 23.1 Å². The van der Waals surface area contributed by atoms with Gasteiger partial charge in [-0.05, 0) is 56.3 Å².